The van der Waals surface area contributed by atoms with Crippen molar-refractivity contribution in [2.75, 3.05) is 20.2 Å². The van der Waals surface area contributed by atoms with Crippen LogP contribution in [-0.2, 0) is 11.3 Å². The van der Waals surface area contributed by atoms with Crippen molar-refractivity contribution in [3.05, 3.63) is 54.0 Å². The number of pyridine rings is 1. The fourth-order valence-corrected chi connectivity index (χ4v) is 3.53. The maximum atomic E-state index is 13.7. The molecular formula is C22H27FN4O4. The smallest absolute Gasteiger partial charge is 0.409 e. The summed E-state index contributed by atoms with van der Waals surface area (Å²) >= 11 is 0. The highest BCUT2D eigenvalue weighted by Gasteiger charge is 2.28. The normalized spacial score (nSPS) is 16.9. The van der Waals surface area contributed by atoms with Gasteiger partial charge in [-0.25, -0.2) is 19.0 Å². The van der Waals surface area contributed by atoms with Gasteiger partial charge in [0.2, 0.25) is 5.88 Å². The zero-order chi connectivity index (χ0) is 22.2. The first-order valence-corrected chi connectivity index (χ1v) is 10.2. The van der Waals surface area contributed by atoms with E-state index in [1.165, 1.54) is 25.4 Å². The average Bonchev–Trinajstić information content (AvgIpc) is 2.79. The molecule has 8 nitrogen and oxygen atoms in total. The minimum atomic E-state index is -0.477. The molecule has 9 heteroatoms. The largest absolute Gasteiger partial charge is 0.453 e. The third-order valence-corrected chi connectivity index (χ3v) is 5.26. The highest BCUT2D eigenvalue weighted by molar-refractivity contribution is 5.74. The third-order valence-electron chi connectivity index (χ3n) is 5.26. The van der Waals surface area contributed by atoms with Crippen LogP contribution in [-0.4, -0.2) is 48.2 Å². The highest BCUT2D eigenvalue weighted by Crippen LogP contribution is 2.23. The second-order valence-electron chi connectivity index (χ2n) is 7.47. The second-order valence-corrected chi connectivity index (χ2v) is 7.47. The number of amides is 3. The number of ether oxygens (including phenoxy) is 2. The molecule has 1 aliphatic rings. The zero-order valence-corrected chi connectivity index (χ0v) is 17.6. The lowest BCUT2D eigenvalue weighted by molar-refractivity contribution is 0.0965. The maximum Gasteiger partial charge on any atom is 0.409 e. The number of nitrogens with zero attached hydrogens (tertiary/aromatic N) is 2. The standard InChI is InChI=1S/C22H27FN4O4/c1-15(17-6-5-11-27(14-17)22(29)30-2)26-21(28)25-13-16-9-10-24-20(12-16)31-19-8-4-3-7-18(19)23/h3-4,7-10,12,15,17H,5-6,11,13-14H2,1-2H3,(H2,25,26,28). The van der Waals surface area contributed by atoms with Gasteiger partial charge in [0, 0.05) is 37.9 Å². The lowest BCUT2D eigenvalue weighted by Crippen LogP contribution is -2.49. The van der Waals surface area contributed by atoms with Gasteiger partial charge >= 0.3 is 12.1 Å². The Hall–Kier alpha value is -3.36. The van der Waals surface area contributed by atoms with Crippen molar-refractivity contribution < 1.29 is 23.5 Å². The van der Waals surface area contributed by atoms with Crippen molar-refractivity contribution in [3.63, 3.8) is 0 Å². The van der Waals surface area contributed by atoms with Crippen LogP contribution in [0.15, 0.2) is 42.6 Å². The van der Waals surface area contributed by atoms with E-state index in [4.69, 9.17) is 9.47 Å². The number of halogens is 1. The van der Waals surface area contributed by atoms with Crippen LogP contribution < -0.4 is 15.4 Å². The molecule has 0 bridgehead atoms. The number of rotatable bonds is 6. The quantitative estimate of drug-likeness (QED) is 0.729. The summed E-state index contributed by atoms with van der Waals surface area (Å²) in [5.74, 6) is -0.00147. The Labute approximate surface area is 180 Å². The minimum Gasteiger partial charge on any atom is -0.453 e. The number of benzene rings is 1. The van der Waals surface area contributed by atoms with E-state index in [-0.39, 0.29) is 42.3 Å². The molecule has 0 radical (unpaired) electrons. The first-order valence-electron chi connectivity index (χ1n) is 10.2. The Bertz CT molecular complexity index is 911. The van der Waals surface area contributed by atoms with E-state index < -0.39 is 5.82 Å². The summed E-state index contributed by atoms with van der Waals surface area (Å²) in [6.07, 6.45) is 3.00. The number of carbonyl (C=O) groups excluding carboxylic acids is 2. The summed E-state index contributed by atoms with van der Waals surface area (Å²) in [6.45, 7) is 3.40. The van der Waals surface area contributed by atoms with Gasteiger partial charge in [0.1, 0.15) is 0 Å². The van der Waals surface area contributed by atoms with Gasteiger partial charge in [-0.15, -0.1) is 0 Å². The van der Waals surface area contributed by atoms with E-state index >= 15 is 0 Å². The van der Waals surface area contributed by atoms with Crippen molar-refractivity contribution in [3.8, 4) is 11.6 Å². The molecular weight excluding hydrogens is 403 g/mol. The molecule has 1 aromatic heterocycles. The van der Waals surface area contributed by atoms with Gasteiger partial charge in [-0.2, -0.15) is 0 Å². The molecule has 0 saturated carbocycles. The van der Waals surface area contributed by atoms with Crippen LogP contribution in [0.3, 0.4) is 0 Å². The molecule has 2 N–H and O–H groups in total. The van der Waals surface area contributed by atoms with Gasteiger partial charge < -0.3 is 25.0 Å². The predicted octanol–water partition coefficient (Wildman–Crippen LogP) is 3.68. The van der Waals surface area contributed by atoms with E-state index in [0.29, 0.717) is 13.1 Å². The Morgan fingerprint density at radius 3 is 2.90 bits per heavy atom. The number of piperidine rings is 1. The third kappa shape index (κ3) is 6.31. The van der Waals surface area contributed by atoms with Crippen LogP contribution in [0.4, 0.5) is 14.0 Å². The summed E-state index contributed by atoms with van der Waals surface area (Å²) in [5.41, 5.74) is 0.763. The van der Waals surface area contributed by atoms with Crippen molar-refractivity contribution in [2.24, 2.45) is 5.92 Å². The summed E-state index contributed by atoms with van der Waals surface area (Å²) in [6, 6.07) is 9.05. The van der Waals surface area contributed by atoms with Crippen molar-refractivity contribution in [1.29, 1.82) is 0 Å². The van der Waals surface area contributed by atoms with E-state index in [1.54, 1.807) is 29.2 Å². The summed E-state index contributed by atoms with van der Waals surface area (Å²) in [7, 11) is 1.37. The molecule has 2 heterocycles. The summed E-state index contributed by atoms with van der Waals surface area (Å²) < 4.78 is 24.0. The zero-order valence-electron chi connectivity index (χ0n) is 17.6. The predicted molar refractivity (Wildman–Crippen MR) is 112 cm³/mol. The molecule has 1 saturated heterocycles. The molecule has 3 rings (SSSR count). The van der Waals surface area contributed by atoms with Gasteiger partial charge in [0.25, 0.3) is 0 Å². The first kappa shape index (κ1) is 22.3. The fraction of sp³-hybridized carbons (Fsp3) is 0.409. The number of para-hydroxylation sites is 1. The Kier molecular flexibility index (Phi) is 7.64. The minimum absolute atomic E-state index is 0.0835. The number of likely N-dealkylation sites (tertiary alicyclic amines) is 1. The van der Waals surface area contributed by atoms with Crippen LogP contribution in [0.5, 0.6) is 11.6 Å². The molecule has 0 spiro atoms. The van der Waals surface area contributed by atoms with Gasteiger partial charge in [0.05, 0.1) is 7.11 Å². The topological polar surface area (TPSA) is 92.8 Å². The summed E-state index contributed by atoms with van der Waals surface area (Å²) in [4.78, 5) is 29.8. The molecule has 1 aromatic carbocycles. The van der Waals surface area contributed by atoms with Crippen LogP contribution in [0, 0.1) is 11.7 Å². The number of methoxy groups -OCH3 is 1. The second kappa shape index (κ2) is 10.6. The lowest BCUT2D eigenvalue weighted by atomic mass is 9.92. The Morgan fingerprint density at radius 1 is 1.32 bits per heavy atom. The molecule has 1 aliphatic heterocycles. The number of hydrogen-bond donors (Lipinski definition) is 2. The number of carbonyl (C=O) groups is 2. The van der Waals surface area contributed by atoms with E-state index in [9.17, 15) is 14.0 Å². The van der Waals surface area contributed by atoms with Gasteiger partial charge in [-0.3, -0.25) is 0 Å². The first-order chi connectivity index (χ1) is 15.0. The molecule has 2 unspecified atom stereocenters. The van der Waals surface area contributed by atoms with Crippen molar-refractivity contribution in [2.45, 2.75) is 32.4 Å². The number of nitrogens with one attached hydrogen (secondary N) is 2. The van der Waals surface area contributed by atoms with Crippen molar-refractivity contribution in [1.82, 2.24) is 20.5 Å². The molecule has 31 heavy (non-hydrogen) atoms. The molecule has 166 valence electrons. The van der Waals surface area contributed by atoms with Crippen molar-refractivity contribution >= 4 is 12.1 Å². The number of hydrogen-bond acceptors (Lipinski definition) is 5. The number of aromatic nitrogens is 1. The van der Waals surface area contributed by atoms with Gasteiger partial charge in [0.15, 0.2) is 11.6 Å². The van der Waals surface area contributed by atoms with Gasteiger partial charge in [-0.05, 0) is 49.4 Å². The molecule has 3 amide bonds. The Balaban J connectivity index is 1.49. The fourth-order valence-electron chi connectivity index (χ4n) is 3.53. The molecule has 2 aromatic rings. The number of urea groups is 1. The summed E-state index contributed by atoms with van der Waals surface area (Å²) in [5, 5.41) is 5.74. The SMILES string of the molecule is COC(=O)N1CCCC(C(C)NC(=O)NCc2ccnc(Oc3ccccc3F)c2)C1. The molecule has 1 fully saturated rings. The highest BCUT2D eigenvalue weighted by atomic mass is 19.1. The van der Waals surface area contributed by atoms with Crippen LogP contribution in [0.25, 0.3) is 0 Å². The Morgan fingerprint density at radius 2 is 2.13 bits per heavy atom. The lowest BCUT2D eigenvalue weighted by Gasteiger charge is -2.35. The van der Waals surface area contributed by atoms with Crippen LogP contribution in [0.2, 0.25) is 0 Å². The molecule has 0 aliphatic carbocycles. The van der Waals surface area contributed by atoms with E-state index in [2.05, 4.69) is 15.6 Å². The van der Waals surface area contributed by atoms with Crippen LogP contribution in [0.1, 0.15) is 25.3 Å². The van der Waals surface area contributed by atoms with Crippen LogP contribution >= 0.6 is 0 Å². The van der Waals surface area contributed by atoms with E-state index in [1.807, 2.05) is 6.92 Å². The monoisotopic (exact) mass is 430 g/mol. The van der Waals surface area contributed by atoms with E-state index in [0.717, 1.165) is 18.4 Å². The average molecular weight is 430 g/mol. The van der Waals surface area contributed by atoms with Gasteiger partial charge in [-0.1, -0.05) is 12.1 Å². The maximum absolute atomic E-state index is 13.7. The molecule has 2 atom stereocenters.